The van der Waals surface area contributed by atoms with Gasteiger partial charge in [0.05, 0.1) is 24.7 Å². The molecule has 0 aromatic carbocycles. The first-order valence-electron chi connectivity index (χ1n) is 9.66. The Morgan fingerprint density at radius 1 is 1.45 bits per heavy atom. The molecule has 0 bridgehead atoms. The molecular formula is C21H28NO7+. The molecule has 1 fully saturated rings. The fraction of sp³-hybridized carbons (Fsp3) is 0.571. The SMILES string of the molecule is C=C/C1=C/[C@H](C)[C@](C)(OC(C)=O)C(=O)OCC2=CC[N+]3(C)CC[C@@H](OC1=O)C23O. The topological polar surface area (TPSA) is 99.1 Å². The molecule has 0 amide bonds. The molecule has 0 spiro atoms. The van der Waals surface area contributed by atoms with E-state index in [0.717, 1.165) is 0 Å². The second kappa shape index (κ2) is 7.11. The summed E-state index contributed by atoms with van der Waals surface area (Å²) in [6, 6.07) is 0. The van der Waals surface area contributed by atoms with Crippen molar-refractivity contribution in [1.82, 2.24) is 0 Å². The molecular weight excluding hydrogens is 378 g/mol. The predicted molar refractivity (Wildman–Crippen MR) is 102 cm³/mol. The number of esters is 3. The maximum Gasteiger partial charge on any atom is 0.351 e. The summed E-state index contributed by atoms with van der Waals surface area (Å²) in [5.74, 6) is -2.75. The Bertz CT molecular complexity index is 831. The Morgan fingerprint density at radius 3 is 2.76 bits per heavy atom. The molecule has 8 nitrogen and oxygen atoms in total. The van der Waals surface area contributed by atoms with E-state index in [2.05, 4.69) is 6.58 Å². The van der Waals surface area contributed by atoms with E-state index in [1.165, 1.54) is 26.0 Å². The molecule has 0 aromatic rings. The average Bonchev–Trinajstić information content (AvgIpc) is 3.04. The minimum absolute atomic E-state index is 0.123. The molecule has 3 aliphatic rings. The van der Waals surface area contributed by atoms with E-state index in [4.69, 9.17) is 14.2 Å². The number of hydrogen-bond acceptors (Lipinski definition) is 7. The molecule has 1 N–H and O–H groups in total. The van der Waals surface area contributed by atoms with E-state index in [1.54, 1.807) is 6.92 Å². The third-order valence-electron chi connectivity index (χ3n) is 6.49. The van der Waals surface area contributed by atoms with Crippen LogP contribution in [0.1, 0.15) is 27.2 Å². The highest BCUT2D eigenvalue weighted by Crippen LogP contribution is 2.45. The number of ether oxygens (including phenoxy) is 3. The molecule has 2 unspecified atom stereocenters. The van der Waals surface area contributed by atoms with Gasteiger partial charge in [0.25, 0.3) is 5.72 Å². The van der Waals surface area contributed by atoms with Gasteiger partial charge in [-0.15, -0.1) is 0 Å². The van der Waals surface area contributed by atoms with Crippen molar-refractivity contribution in [2.24, 2.45) is 5.92 Å². The van der Waals surface area contributed by atoms with Crippen LogP contribution >= 0.6 is 0 Å². The van der Waals surface area contributed by atoms with Gasteiger partial charge in [-0.05, 0) is 13.0 Å². The van der Waals surface area contributed by atoms with E-state index in [1.807, 2.05) is 13.1 Å². The van der Waals surface area contributed by atoms with Crippen LogP contribution in [0.5, 0.6) is 0 Å². The van der Waals surface area contributed by atoms with E-state index >= 15 is 0 Å². The van der Waals surface area contributed by atoms with Gasteiger partial charge in [-0.1, -0.05) is 25.7 Å². The fourth-order valence-corrected chi connectivity index (χ4v) is 4.42. The Kier molecular flexibility index (Phi) is 5.21. The lowest BCUT2D eigenvalue weighted by Crippen LogP contribution is -2.61. The van der Waals surface area contributed by atoms with Crippen molar-refractivity contribution in [3.05, 3.63) is 36.0 Å². The van der Waals surface area contributed by atoms with Gasteiger partial charge in [0.1, 0.15) is 13.2 Å². The maximum absolute atomic E-state index is 12.9. The van der Waals surface area contributed by atoms with Crippen LogP contribution in [0, 0.1) is 5.92 Å². The molecule has 0 aromatic heterocycles. The molecule has 3 heterocycles. The largest absolute Gasteiger partial charge is 0.458 e. The molecule has 158 valence electrons. The third kappa shape index (κ3) is 3.20. The smallest absolute Gasteiger partial charge is 0.351 e. The van der Waals surface area contributed by atoms with E-state index < -0.39 is 41.3 Å². The summed E-state index contributed by atoms with van der Waals surface area (Å²) < 4.78 is 16.8. The number of cyclic esters (lactones) is 1. The van der Waals surface area contributed by atoms with Crippen molar-refractivity contribution in [3.63, 3.8) is 0 Å². The van der Waals surface area contributed by atoms with Gasteiger partial charge in [0, 0.05) is 19.3 Å². The lowest BCUT2D eigenvalue weighted by Gasteiger charge is -2.40. The first kappa shape index (κ1) is 21.3. The second-order valence-electron chi connectivity index (χ2n) is 8.33. The van der Waals surface area contributed by atoms with Crippen LogP contribution in [0.15, 0.2) is 36.0 Å². The van der Waals surface area contributed by atoms with Crippen LogP contribution in [0.3, 0.4) is 0 Å². The van der Waals surface area contributed by atoms with Crippen LogP contribution in [0.2, 0.25) is 0 Å². The number of hydrogen-bond donors (Lipinski definition) is 1. The summed E-state index contributed by atoms with van der Waals surface area (Å²) in [7, 11) is 1.88. The summed E-state index contributed by atoms with van der Waals surface area (Å²) in [5.41, 5.74) is -2.54. The highest BCUT2D eigenvalue weighted by atomic mass is 16.6. The third-order valence-corrected chi connectivity index (χ3v) is 6.49. The van der Waals surface area contributed by atoms with Gasteiger partial charge in [-0.2, -0.15) is 0 Å². The molecule has 29 heavy (non-hydrogen) atoms. The van der Waals surface area contributed by atoms with E-state index in [9.17, 15) is 19.5 Å². The molecule has 5 atom stereocenters. The van der Waals surface area contributed by atoms with Crippen molar-refractivity contribution < 1.29 is 38.2 Å². The number of aliphatic hydroxyl groups is 1. The summed E-state index contributed by atoms with van der Waals surface area (Å²) in [6.45, 7) is 8.88. The van der Waals surface area contributed by atoms with Crippen molar-refractivity contribution in [2.45, 2.75) is 44.6 Å². The summed E-state index contributed by atoms with van der Waals surface area (Å²) in [4.78, 5) is 37.4. The molecule has 0 aliphatic carbocycles. The summed E-state index contributed by atoms with van der Waals surface area (Å²) in [6.07, 6.45) is 4.32. The highest BCUT2D eigenvalue weighted by Gasteiger charge is 2.65. The number of likely N-dealkylation sites (N-methyl/N-ethyl adjacent to an activating group) is 1. The lowest BCUT2D eigenvalue weighted by atomic mass is 9.88. The number of carbonyl (C=O) groups is 3. The van der Waals surface area contributed by atoms with Gasteiger partial charge < -0.3 is 19.3 Å². The minimum atomic E-state index is -1.66. The summed E-state index contributed by atoms with van der Waals surface area (Å²) in [5, 5.41) is 11.5. The molecule has 3 rings (SSSR count). The predicted octanol–water partition coefficient (Wildman–Crippen LogP) is 1.00. The Balaban J connectivity index is 2.08. The van der Waals surface area contributed by atoms with Crippen molar-refractivity contribution in [1.29, 1.82) is 0 Å². The Labute approximate surface area is 170 Å². The monoisotopic (exact) mass is 406 g/mol. The molecule has 8 heteroatoms. The van der Waals surface area contributed by atoms with E-state index in [-0.39, 0.29) is 16.7 Å². The zero-order valence-electron chi connectivity index (χ0n) is 17.3. The molecule has 1 saturated heterocycles. The van der Waals surface area contributed by atoms with E-state index in [0.29, 0.717) is 25.1 Å². The first-order chi connectivity index (χ1) is 13.5. The minimum Gasteiger partial charge on any atom is -0.458 e. The van der Waals surface area contributed by atoms with Gasteiger partial charge >= 0.3 is 17.9 Å². The zero-order valence-corrected chi connectivity index (χ0v) is 17.3. The van der Waals surface area contributed by atoms with Crippen LogP contribution in [0.4, 0.5) is 0 Å². The number of quaternary nitrogens is 1. The Morgan fingerprint density at radius 2 is 2.14 bits per heavy atom. The first-order valence-corrected chi connectivity index (χ1v) is 9.66. The van der Waals surface area contributed by atoms with Gasteiger partial charge in [0.2, 0.25) is 5.60 Å². The second-order valence-corrected chi connectivity index (χ2v) is 8.33. The standard InChI is InChI=1S/C21H28NO7/c1-6-15-11-13(2)20(4,29-14(3)23)19(25)27-12-16-7-9-22(5)10-8-17(21(16,22)26)28-18(15)24/h6-7,11,13,17,26H,1,8-10,12H2,2-5H3/q+1/b15-11-/t13-,17+,20-,21?,22?/m0/s1. The van der Waals surface area contributed by atoms with Crippen LogP contribution < -0.4 is 0 Å². The van der Waals surface area contributed by atoms with Crippen LogP contribution in [-0.4, -0.2) is 71.7 Å². The van der Waals surface area contributed by atoms with Gasteiger partial charge in [-0.25, -0.2) is 9.59 Å². The van der Waals surface area contributed by atoms with Crippen molar-refractivity contribution in [3.8, 4) is 0 Å². The number of carbonyl (C=O) groups excluding carboxylic acids is 3. The zero-order chi connectivity index (χ0) is 21.6. The van der Waals surface area contributed by atoms with Crippen molar-refractivity contribution in [2.75, 3.05) is 26.7 Å². The van der Waals surface area contributed by atoms with Crippen LogP contribution in [0.25, 0.3) is 0 Å². The lowest BCUT2D eigenvalue weighted by molar-refractivity contribution is -0.955. The quantitative estimate of drug-likeness (QED) is 0.316. The molecule has 0 saturated carbocycles. The average molecular weight is 406 g/mol. The van der Waals surface area contributed by atoms with Gasteiger partial charge in [0.15, 0.2) is 6.10 Å². The van der Waals surface area contributed by atoms with Crippen molar-refractivity contribution >= 4 is 17.9 Å². The molecule has 3 aliphatic heterocycles. The number of rotatable bonds is 2. The summed E-state index contributed by atoms with van der Waals surface area (Å²) >= 11 is 0. The highest BCUT2D eigenvalue weighted by molar-refractivity contribution is 5.92. The maximum atomic E-state index is 12.9. The molecule has 0 radical (unpaired) electrons. The normalized spacial score (nSPS) is 41.6. The van der Waals surface area contributed by atoms with Gasteiger partial charge in [-0.3, -0.25) is 9.28 Å². The Hall–Kier alpha value is -2.45. The van der Waals surface area contributed by atoms with Crippen LogP contribution in [-0.2, 0) is 28.6 Å². The number of nitrogens with zero attached hydrogens (tertiary/aromatic N) is 1. The fourth-order valence-electron chi connectivity index (χ4n) is 4.42.